The molecule has 0 heterocycles. The van der Waals surface area contributed by atoms with E-state index in [1.165, 1.54) is 103 Å². The molecule has 2 saturated carbocycles. The van der Waals surface area contributed by atoms with Gasteiger partial charge < -0.3 is 29.2 Å². The number of aliphatic carboxylic acids is 2. The Labute approximate surface area is 324 Å². The van der Waals surface area contributed by atoms with Crippen LogP contribution in [0.3, 0.4) is 0 Å². The molecule has 8 nitrogen and oxygen atoms in total. The molecule has 0 aliphatic heterocycles. The summed E-state index contributed by atoms with van der Waals surface area (Å²) in [7, 11) is 0. The maximum atomic E-state index is 12.1. The van der Waals surface area contributed by atoms with Crippen LogP contribution in [0, 0.1) is 23.7 Å². The van der Waals surface area contributed by atoms with Gasteiger partial charge in [-0.3, -0.25) is 0 Å². The zero-order valence-electron chi connectivity index (χ0n) is 32.9. The first-order chi connectivity index (χ1) is 26.3. The maximum Gasteiger partial charge on any atom is 0.336 e. The van der Waals surface area contributed by atoms with Gasteiger partial charge in [-0.05, 0) is 110 Å². The van der Waals surface area contributed by atoms with Gasteiger partial charge in [-0.25, -0.2) is 9.59 Å². The summed E-state index contributed by atoms with van der Waals surface area (Å²) in [6, 6.07) is 14.4. The highest BCUT2D eigenvalue weighted by Gasteiger charge is 2.36. The van der Waals surface area contributed by atoms with E-state index in [0.29, 0.717) is 47.7 Å². The number of unbranched alkanes of at least 4 members (excludes halogenated alkanes) is 4. The number of hydrogen-bond donors (Lipinski definition) is 2. The molecule has 0 amide bonds. The van der Waals surface area contributed by atoms with Gasteiger partial charge in [0.05, 0.1) is 13.2 Å². The topological polar surface area (TPSA) is 112 Å². The summed E-state index contributed by atoms with van der Waals surface area (Å²) >= 11 is 0. The van der Waals surface area contributed by atoms with Crippen molar-refractivity contribution in [2.75, 3.05) is 13.2 Å². The van der Waals surface area contributed by atoms with Crippen molar-refractivity contribution >= 4 is 11.9 Å². The van der Waals surface area contributed by atoms with Gasteiger partial charge in [-0.1, -0.05) is 114 Å². The van der Waals surface area contributed by atoms with Crippen molar-refractivity contribution in [2.45, 2.75) is 142 Å². The Hall–Kier alpha value is -3.62. The number of carboxylic acids is 2. The van der Waals surface area contributed by atoms with Crippen molar-refractivity contribution in [3.8, 4) is 11.5 Å². The van der Waals surface area contributed by atoms with Gasteiger partial charge >= 0.3 is 11.9 Å². The fourth-order valence-electron chi connectivity index (χ4n) is 7.80. The summed E-state index contributed by atoms with van der Waals surface area (Å²) in [5.74, 6) is 1.64. The van der Waals surface area contributed by atoms with Crippen molar-refractivity contribution in [3.63, 3.8) is 0 Å². The predicted octanol–water partition coefficient (Wildman–Crippen LogP) is 11.0. The van der Waals surface area contributed by atoms with Crippen molar-refractivity contribution in [1.82, 2.24) is 0 Å². The summed E-state index contributed by atoms with van der Waals surface area (Å²) < 4.78 is 23.0. The molecule has 2 fully saturated rings. The lowest BCUT2D eigenvalue weighted by atomic mass is 9.79. The van der Waals surface area contributed by atoms with E-state index in [1.807, 2.05) is 0 Å². The van der Waals surface area contributed by atoms with Gasteiger partial charge in [-0.2, -0.15) is 0 Å². The number of carboxylic acid groups (broad SMARTS) is 2. The third kappa shape index (κ3) is 16.0. The average Bonchev–Trinajstić information content (AvgIpc) is 3.18. The molecule has 0 spiro atoms. The number of ether oxygens (including phenoxy) is 4. The molecule has 2 atom stereocenters. The lowest BCUT2D eigenvalue weighted by Gasteiger charge is -2.26. The Balaban J connectivity index is 1.14. The predicted molar refractivity (Wildman–Crippen MR) is 214 cm³/mol. The van der Waals surface area contributed by atoms with Crippen molar-refractivity contribution in [1.29, 1.82) is 0 Å². The van der Waals surface area contributed by atoms with E-state index >= 15 is 0 Å². The van der Waals surface area contributed by atoms with E-state index < -0.39 is 24.1 Å². The second-order valence-electron chi connectivity index (χ2n) is 15.5. The highest BCUT2D eigenvalue weighted by Crippen LogP contribution is 2.34. The van der Waals surface area contributed by atoms with E-state index in [1.54, 1.807) is 48.5 Å². The number of benzene rings is 2. The summed E-state index contributed by atoms with van der Waals surface area (Å²) in [5.41, 5.74) is 1.39. The third-order valence-electron chi connectivity index (χ3n) is 11.2. The molecule has 2 aromatic carbocycles. The van der Waals surface area contributed by atoms with Crippen LogP contribution in [0.15, 0.2) is 72.8 Å². The molecule has 0 bridgehead atoms. The molecule has 2 N–H and O–H groups in total. The fraction of sp³-hybridized carbons (Fsp3) is 0.609. The van der Waals surface area contributed by atoms with Gasteiger partial charge in [0.2, 0.25) is 0 Å². The molecule has 2 aliphatic rings. The van der Waals surface area contributed by atoms with Crippen molar-refractivity contribution in [2.24, 2.45) is 23.7 Å². The highest BCUT2D eigenvalue weighted by molar-refractivity contribution is 5.83. The van der Waals surface area contributed by atoms with Crippen molar-refractivity contribution < 1.29 is 38.7 Å². The first kappa shape index (κ1) is 43.1. The van der Waals surface area contributed by atoms with Crippen LogP contribution >= 0.6 is 0 Å². The first-order valence-electron chi connectivity index (χ1n) is 20.8. The van der Waals surface area contributed by atoms with Gasteiger partial charge in [0.25, 0.3) is 0 Å². The first-order valence-corrected chi connectivity index (χ1v) is 20.8. The molecule has 298 valence electrons. The molecule has 0 unspecified atom stereocenters. The molecule has 2 aromatic rings. The molecular weight excluding hydrogens is 680 g/mol. The van der Waals surface area contributed by atoms with Crippen LogP contribution in [-0.4, -0.2) is 47.6 Å². The molecular formula is C46H66O8. The lowest BCUT2D eigenvalue weighted by molar-refractivity contribution is -0.179. The minimum atomic E-state index is -1.69. The number of allylic oxidation sites excluding steroid dienone is 2. The van der Waals surface area contributed by atoms with Gasteiger partial charge in [0.15, 0.2) is 12.2 Å². The Kier molecular flexibility index (Phi) is 19.7. The Morgan fingerprint density at radius 2 is 0.963 bits per heavy atom. The van der Waals surface area contributed by atoms with Crippen LogP contribution in [0.2, 0.25) is 0 Å². The minimum absolute atomic E-state index is 0.0911. The largest absolute Gasteiger partial charge is 0.490 e. The smallest absolute Gasteiger partial charge is 0.336 e. The summed E-state index contributed by atoms with van der Waals surface area (Å²) in [4.78, 5) is 24.2. The highest BCUT2D eigenvalue weighted by atomic mass is 16.6. The molecule has 8 heteroatoms. The average molecular weight is 747 g/mol. The fourth-order valence-corrected chi connectivity index (χ4v) is 7.80. The molecule has 54 heavy (non-hydrogen) atoms. The van der Waals surface area contributed by atoms with Crippen LogP contribution in [-0.2, 0) is 32.3 Å². The van der Waals surface area contributed by atoms with Crippen LogP contribution in [0.1, 0.15) is 128 Å². The Morgan fingerprint density at radius 1 is 0.593 bits per heavy atom. The molecule has 2 aliphatic carbocycles. The van der Waals surface area contributed by atoms with E-state index in [-0.39, 0.29) is 13.2 Å². The second-order valence-corrected chi connectivity index (χ2v) is 15.5. The van der Waals surface area contributed by atoms with Crippen LogP contribution in [0.25, 0.3) is 0 Å². The lowest BCUT2D eigenvalue weighted by Crippen LogP contribution is -2.43. The van der Waals surface area contributed by atoms with E-state index in [4.69, 9.17) is 18.9 Å². The van der Waals surface area contributed by atoms with Gasteiger partial charge in [-0.15, -0.1) is 0 Å². The van der Waals surface area contributed by atoms with Crippen LogP contribution in [0.5, 0.6) is 11.5 Å². The summed E-state index contributed by atoms with van der Waals surface area (Å²) in [6.07, 6.45) is 26.5. The quantitative estimate of drug-likeness (QED) is 0.0763. The number of rotatable bonds is 25. The van der Waals surface area contributed by atoms with Gasteiger partial charge in [0.1, 0.15) is 24.7 Å². The molecule has 0 aromatic heterocycles. The SMILES string of the molecule is CCCCCC1CCC(C=CCOc2ccc(CO[C@@H](C(=O)O)[C@@H](OCc3ccc(OCC=CC4CCC(CCCCC)CC4)cc3)C(=O)O)cc2)CC1. The number of hydrogen-bond acceptors (Lipinski definition) is 6. The van der Waals surface area contributed by atoms with Crippen molar-refractivity contribution in [3.05, 3.63) is 84.0 Å². The van der Waals surface area contributed by atoms with E-state index in [2.05, 4.69) is 38.2 Å². The van der Waals surface area contributed by atoms with E-state index in [9.17, 15) is 19.8 Å². The Morgan fingerprint density at radius 3 is 1.30 bits per heavy atom. The molecule has 4 rings (SSSR count). The molecule has 0 saturated heterocycles. The van der Waals surface area contributed by atoms with Gasteiger partial charge in [0, 0.05) is 0 Å². The monoisotopic (exact) mass is 746 g/mol. The minimum Gasteiger partial charge on any atom is -0.490 e. The van der Waals surface area contributed by atoms with Crippen LogP contribution in [0.4, 0.5) is 0 Å². The second kappa shape index (κ2) is 24.7. The number of carbonyl (C=O) groups is 2. The zero-order valence-corrected chi connectivity index (χ0v) is 32.9. The van der Waals surface area contributed by atoms with Crippen LogP contribution < -0.4 is 9.47 Å². The summed E-state index contributed by atoms with van der Waals surface area (Å²) in [6.45, 7) is 5.31. The molecule has 0 radical (unpaired) electrons. The summed E-state index contributed by atoms with van der Waals surface area (Å²) in [5, 5.41) is 19.7. The van der Waals surface area contributed by atoms with E-state index in [0.717, 1.165) is 11.8 Å². The third-order valence-corrected chi connectivity index (χ3v) is 11.2. The zero-order chi connectivity index (χ0) is 38.4. The normalized spacial score (nSPS) is 21.6. The Bertz CT molecular complexity index is 1280. The maximum absolute atomic E-state index is 12.1. The standard InChI is InChI=1S/C46H66O8/c1-3-5-7-11-35-15-19-37(20-16-35)13-9-31-51-41-27-23-39(24-28-41)33-53-43(45(47)48)44(46(49)50)54-34-40-25-29-42(30-26-40)52-32-10-14-38-21-17-36(18-22-38)12-8-6-4-2/h9-10,13-14,23-30,35-38,43-44H,3-8,11-12,15-22,31-34H2,1-2H3,(H,47,48)(H,49,50)/t35?,36?,37?,38?,43-,44-/m1/s1.